The molecule has 6 nitrogen and oxygen atoms in total. The first-order valence-corrected chi connectivity index (χ1v) is 9.87. The molecule has 148 valence electrons. The Hall–Kier alpha value is -3.12. The van der Waals surface area contributed by atoms with Gasteiger partial charge in [-0.15, -0.1) is 0 Å². The third-order valence-corrected chi connectivity index (χ3v) is 6.10. The number of carboxylic acid groups (broad SMARTS) is 1. The van der Waals surface area contributed by atoms with Crippen LogP contribution in [0.4, 0.5) is 0 Å². The zero-order valence-electron chi connectivity index (χ0n) is 16.3. The van der Waals surface area contributed by atoms with Crippen molar-refractivity contribution < 1.29 is 14.6 Å². The number of aryl methyl sites for hydroxylation is 1. The van der Waals surface area contributed by atoms with Crippen LogP contribution in [0.25, 0.3) is 22.5 Å². The molecule has 0 aliphatic heterocycles. The van der Waals surface area contributed by atoms with Gasteiger partial charge < -0.3 is 20.6 Å². The Balaban J connectivity index is 1.60. The standard InChI is InChI=1S/C23H23N3O3/c1-29-15-5-2-13(3-6-15)18-10-17-14(12-25-18)4-7-16-20(22(27)28)19(26-21(16)17)11-23(24)8-9-23/h2-3,5-6,10,12,26H,4,7-9,11,24H2,1H3,(H,27,28). The lowest BCUT2D eigenvalue weighted by atomic mass is 9.88. The van der Waals surface area contributed by atoms with Crippen LogP contribution in [-0.2, 0) is 19.3 Å². The lowest BCUT2D eigenvalue weighted by molar-refractivity contribution is 0.0694. The van der Waals surface area contributed by atoms with E-state index in [2.05, 4.69) is 16.0 Å². The van der Waals surface area contributed by atoms with E-state index in [0.29, 0.717) is 18.4 Å². The van der Waals surface area contributed by atoms with Crippen molar-refractivity contribution in [2.75, 3.05) is 7.11 Å². The number of carbonyl (C=O) groups is 1. The number of nitrogens with zero attached hydrogens (tertiary/aromatic N) is 1. The number of fused-ring (bicyclic) bond motifs is 3. The molecule has 0 bridgehead atoms. The number of rotatable bonds is 5. The van der Waals surface area contributed by atoms with E-state index in [1.54, 1.807) is 7.11 Å². The molecule has 0 spiro atoms. The molecule has 0 unspecified atom stereocenters. The van der Waals surface area contributed by atoms with Gasteiger partial charge in [-0.25, -0.2) is 4.79 Å². The predicted octanol–water partition coefficient (Wildman–Crippen LogP) is 3.58. The lowest BCUT2D eigenvalue weighted by Gasteiger charge is -2.17. The third-order valence-electron chi connectivity index (χ3n) is 6.10. The molecule has 2 aliphatic rings. The van der Waals surface area contributed by atoms with Crippen molar-refractivity contribution in [1.82, 2.24) is 9.97 Å². The highest BCUT2D eigenvalue weighted by atomic mass is 16.5. The highest BCUT2D eigenvalue weighted by Crippen LogP contribution is 2.41. The average molecular weight is 389 g/mol. The quantitative estimate of drug-likeness (QED) is 0.619. The third kappa shape index (κ3) is 3.09. The van der Waals surface area contributed by atoms with E-state index in [4.69, 9.17) is 10.5 Å². The van der Waals surface area contributed by atoms with Crippen molar-refractivity contribution >= 4 is 5.97 Å². The molecular formula is C23H23N3O3. The van der Waals surface area contributed by atoms with Crippen molar-refractivity contribution in [1.29, 1.82) is 0 Å². The zero-order valence-corrected chi connectivity index (χ0v) is 16.3. The van der Waals surface area contributed by atoms with E-state index in [9.17, 15) is 9.90 Å². The van der Waals surface area contributed by atoms with Crippen LogP contribution in [0.1, 0.15) is 40.0 Å². The number of aromatic amines is 1. The Morgan fingerprint density at radius 3 is 2.69 bits per heavy atom. The Morgan fingerprint density at radius 2 is 2.03 bits per heavy atom. The summed E-state index contributed by atoms with van der Waals surface area (Å²) in [5.74, 6) is -0.0838. The summed E-state index contributed by atoms with van der Waals surface area (Å²) in [6, 6.07) is 9.83. The van der Waals surface area contributed by atoms with Gasteiger partial charge in [-0.05, 0) is 67.1 Å². The number of methoxy groups -OCH3 is 1. The molecule has 6 heteroatoms. The number of nitrogens with one attached hydrogen (secondary N) is 1. The molecular weight excluding hydrogens is 366 g/mol. The van der Waals surface area contributed by atoms with Gasteiger partial charge in [0, 0.05) is 35.0 Å². The van der Waals surface area contributed by atoms with Crippen molar-refractivity contribution in [3.63, 3.8) is 0 Å². The first kappa shape index (κ1) is 17.9. The summed E-state index contributed by atoms with van der Waals surface area (Å²) in [6.45, 7) is 0. The normalized spacial score (nSPS) is 16.1. The Kier molecular flexibility index (Phi) is 3.99. The largest absolute Gasteiger partial charge is 0.497 e. The Bertz CT molecular complexity index is 1110. The summed E-state index contributed by atoms with van der Waals surface area (Å²) < 4.78 is 5.23. The van der Waals surface area contributed by atoms with E-state index >= 15 is 0 Å². The predicted molar refractivity (Wildman–Crippen MR) is 110 cm³/mol. The number of nitrogens with two attached hydrogens (primary N) is 1. The van der Waals surface area contributed by atoms with Crippen LogP contribution in [-0.4, -0.2) is 33.7 Å². The van der Waals surface area contributed by atoms with Gasteiger partial charge in [0.05, 0.1) is 24.1 Å². The van der Waals surface area contributed by atoms with E-state index < -0.39 is 5.97 Å². The Labute approximate surface area is 168 Å². The molecule has 2 heterocycles. The number of H-pyrrole nitrogens is 1. The molecule has 3 aromatic rings. The van der Waals surface area contributed by atoms with Crippen molar-refractivity contribution in [2.24, 2.45) is 5.73 Å². The van der Waals surface area contributed by atoms with Gasteiger partial charge >= 0.3 is 5.97 Å². The fraction of sp³-hybridized carbons (Fsp3) is 0.304. The van der Waals surface area contributed by atoms with Crippen LogP contribution in [0, 0.1) is 0 Å². The van der Waals surface area contributed by atoms with Crippen LogP contribution in [0.3, 0.4) is 0 Å². The number of hydrogen-bond acceptors (Lipinski definition) is 4. The Morgan fingerprint density at radius 1 is 1.28 bits per heavy atom. The topological polar surface area (TPSA) is 101 Å². The molecule has 2 aromatic heterocycles. The zero-order chi connectivity index (χ0) is 20.2. The van der Waals surface area contributed by atoms with Crippen LogP contribution >= 0.6 is 0 Å². The number of aromatic carboxylic acids is 1. The summed E-state index contributed by atoms with van der Waals surface area (Å²) in [6.07, 6.45) is 5.85. The van der Waals surface area contributed by atoms with Crippen molar-refractivity contribution in [2.45, 2.75) is 37.6 Å². The van der Waals surface area contributed by atoms with Gasteiger partial charge in [0.1, 0.15) is 5.75 Å². The number of benzene rings is 1. The number of pyridine rings is 1. The first-order chi connectivity index (χ1) is 14.0. The molecule has 0 radical (unpaired) electrons. The average Bonchev–Trinajstić information content (AvgIpc) is 3.33. The molecule has 1 aromatic carbocycles. The van der Waals surface area contributed by atoms with E-state index in [1.807, 2.05) is 30.5 Å². The highest BCUT2D eigenvalue weighted by Gasteiger charge is 2.40. The summed E-state index contributed by atoms with van der Waals surface area (Å²) in [5, 5.41) is 9.87. The molecule has 5 rings (SSSR count). The van der Waals surface area contributed by atoms with Crippen molar-refractivity contribution in [3.8, 4) is 28.3 Å². The number of carboxylic acids is 1. The fourth-order valence-corrected chi connectivity index (χ4v) is 4.25. The SMILES string of the molecule is COc1ccc(-c2cc3c(cn2)CCc2c-3[nH]c(CC3(N)CC3)c2C(=O)O)cc1. The molecule has 0 atom stereocenters. The van der Waals surface area contributed by atoms with Crippen LogP contribution in [0.5, 0.6) is 5.75 Å². The molecule has 1 fully saturated rings. The summed E-state index contributed by atoms with van der Waals surface area (Å²) >= 11 is 0. The van der Waals surface area contributed by atoms with Gasteiger partial charge in [0.15, 0.2) is 0 Å². The highest BCUT2D eigenvalue weighted by molar-refractivity contribution is 5.95. The maximum atomic E-state index is 12.0. The molecule has 0 saturated heterocycles. The maximum absolute atomic E-state index is 12.0. The molecule has 0 amide bonds. The lowest BCUT2D eigenvalue weighted by Crippen LogP contribution is -2.25. The van der Waals surface area contributed by atoms with Crippen molar-refractivity contribution in [3.05, 3.63) is 58.9 Å². The van der Waals surface area contributed by atoms with E-state index in [-0.39, 0.29) is 5.54 Å². The molecule has 2 aliphatic carbocycles. The molecule has 29 heavy (non-hydrogen) atoms. The van der Waals surface area contributed by atoms with Gasteiger partial charge in [0.2, 0.25) is 0 Å². The minimum Gasteiger partial charge on any atom is -0.497 e. The second-order valence-corrected chi connectivity index (χ2v) is 8.13. The minimum atomic E-state index is -0.880. The minimum absolute atomic E-state index is 0.257. The van der Waals surface area contributed by atoms with E-state index in [1.165, 1.54) is 0 Å². The summed E-state index contributed by atoms with van der Waals surface area (Å²) in [7, 11) is 1.64. The summed E-state index contributed by atoms with van der Waals surface area (Å²) in [5.41, 5.74) is 13.0. The fourth-order valence-electron chi connectivity index (χ4n) is 4.25. The molecule has 1 saturated carbocycles. The number of aromatic nitrogens is 2. The second-order valence-electron chi connectivity index (χ2n) is 8.13. The monoisotopic (exact) mass is 389 g/mol. The van der Waals surface area contributed by atoms with Crippen LogP contribution in [0.15, 0.2) is 36.5 Å². The van der Waals surface area contributed by atoms with Gasteiger partial charge in [-0.1, -0.05) is 0 Å². The maximum Gasteiger partial charge on any atom is 0.337 e. The second kappa shape index (κ2) is 6.46. The summed E-state index contributed by atoms with van der Waals surface area (Å²) in [4.78, 5) is 20.1. The van der Waals surface area contributed by atoms with Gasteiger partial charge in [-0.2, -0.15) is 0 Å². The van der Waals surface area contributed by atoms with Crippen LogP contribution < -0.4 is 10.5 Å². The van der Waals surface area contributed by atoms with Gasteiger partial charge in [-0.3, -0.25) is 4.98 Å². The molecule has 4 N–H and O–H groups in total. The number of hydrogen-bond donors (Lipinski definition) is 3. The van der Waals surface area contributed by atoms with Gasteiger partial charge in [0.25, 0.3) is 0 Å². The number of ether oxygens (including phenoxy) is 1. The first-order valence-electron chi connectivity index (χ1n) is 9.87. The van der Waals surface area contributed by atoms with E-state index in [0.717, 1.165) is 64.3 Å². The van der Waals surface area contributed by atoms with Crippen LogP contribution in [0.2, 0.25) is 0 Å². The smallest absolute Gasteiger partial charge is 0.337 e.